The number of carbonyl (C=O) groups excluding carboxylic acids is 3. The van der Waals surface area contributed by atoms with E-state index in [1.165, 1.54) is 161 Å². The fourth-order valence-corrected chi connectivity index (χ4v) is 9.31. The van der Waals surface area contributed by atoms with Crippen LogP contribution in [0.1, 0.15) is 323 Å². The molecule has 6 heteroatoms. The van der Waals surface area contributed by atoms with Crippen molar-refractivity contribution in [2.24, 2.45) is 0 Å². The van der Waals surface area contributed by atoms with Gasteiger partial charge in [0.2, 0.25) is 0 Å². The number of unbranched alkanes of at least 4 members (excludes halogenated alkanes) is 34. The first-order valence-electron chi connectivity index (χ1n) is 32.6. The predicted molar refractivity (Wildman–Crippen MR) is 330 cm³/mol. The minimum atomic E-state index is -0.781. The lowest BCUT2D eigenvalue weighted by Gasteiger charge is -2.18. The molecule has 0 saturated heterocycles. The Hall–Kier alpha value is -3.41. The maximum absolute atomic E-state index is 12.9. The van der Waals surface area contributed by atoms with Crippen LogP contribution in [0.25, 0.3) is 0 Å². The number of carbonyl (C=O) groups is 3. The molecule has 0 aromatic rings. The predicted octanol–water partition coefficient (Wildman–Crippen LogP) is 22.3. The molecule has 0 amide bonds. The van der Waals surface area contributed by atoms with Crippen molar-refractivity contribution >= 4 is 17.9 Å². The van der Waals surface area contributed by atoms with Gasteiger partial charge in [-0.15, -0.1) is 0 Å². The second-order valence-corrected chi connectivity index (χ2v) is 21.7. The van der Waals surface area contributed by atoms with E-state index in [0.29, 0.717) is 19.3 Å². The Morgan fingerprint density at radius 3 is 0.803 bits per heavy atom. The van der Waals surface area contributed by atoms with Crippen LogP contribution >= 0.6 is 0 Å². The summed E-state index contributed by atoms with van der Waals surface area (Å²) >= 11 is 0. The molecule has 0 bridgehead atoms. The van der Waals surface area contributed by atoms with Crippen LogP contribution in [-0.4, -0.2) is 37.2 Å². The third-order valence-corrected chi connectivity index (χ3v) is 14.2. The van der Waals surface area contributed by atoms with Crippen molar-refractivity contribution in [2.75, 3.05) is 13.2 Å². The van der Waals surface area contributed by atoms with Crippen LogP contribution in [0.4, 0.5) is 0 Å². The summed E-state index contributed by atoms with van der Waals surface area (Å²) in [6, 6.07) is 0. The van der Waals surface area contributed by atoms with E-state index in [1.807, 2.05) is 0 Å². The van der Waals surface area contributed by atoms with Crippen molar-refractivity contribution in [1.29, 1.82) is 0 Å². The van der Waals surface area contributed by atoms with Gasteiger partial charge < -0.3 is 14.2 Å². The van der Waals surface area contributed by atoms with Crippen molar-refractivity contribution in [3.8, 4) is 0 Å². The van der Waals surface area contributed by atoms with Gasteiger partial charge in [-0.25, -0.2) is 0 Å². The number of rotatable bonds is 59. The molecule has 0 fully saturated rings. The molecule has 0 aliphatic heterocycles. The third-order valence-electron chi connectivity index (χ3n) is 14.2. The summed E-state index contributed by atoms with van der Waals surface area (Å²) in [6.07, 6.45) is 84.9. The zero-order valence-corrected chi connectivity index (χ0v) is 50.3. The lowest BCUT2D eigenvalue weighted by Crippen LogP contribution is -2.30. The van der Waals surface area contributed by atoms with Gasteiger partial charge in [-0.3, -0.25) is 14.4 Å². The summed E-state index contributed by atoms with van der Waals surface area (Å²) in [7, 11) is 0. The van der Waals surface area contributed by atoms with Gasteiger partial charge in [0.25, 0.3) is 0 Å². The largest absolute Gasteiger partial charge is 0.462 e. The topological polar surface area (TPSA) is 78.9 Å². The minimum Gasteiger partial charge on any atom is -0.462 e. The summed E-state index contributed by atoms with van der Waals surface area (Å²) in [5, 5.41) is 0. The molecular formula is C70H122O6. The molecule has 438 valence electrons. The summed E-state index contributed by atoms with van der Waals surface area (Å²) in [6.45, 7) is 6.49. The van der Waals surface area contributed by atoms with Gasteiger partial charge in [0.1, 0.15) is 13.2 Å². The van der Waals surface area contributed by atoms with E-state index in [1.54, 1.807) is 0 Å². The molecule has 1 unspecified atom stereocenters. The Balaban J connectivity index is 4.12. The number of hydrogen-bond acceptors (Lipinski definition) is 6. The molecule has 0 aliphatic rings. The molecular weight excluding hydrogens is 937 g/mol. The van der Waals surface area contributed by atoms with Crippen LogP contribution in [0.2, 0.25) is 0 Å². The van der Waals surface area contributed by atoms with E-state index in [-0.39, 0.29) is 31.1 Å². The standard InChI is InChI=1S/C70H122O6/c1-4-7-10-13-16-18-20-22-24-26-28-30-32-34-35-37-38-40-42-44-46-48-50-52-54-57-60-63-69(72)75-66-67(65-74-68(71)62-59-56-15-12-9-6-3)76-70(73)64-61-58-55-53-51-49-47-45-43-41-39-36-33-31-29-27-25-23-21-19-17-14-11-8-5-2/h7,10,16,18,22,24,28,30,34-35,38,40,44,46,67H,4-6,8-9,11-15,17,19-21,23,25-27,29,31-33,36-37,39,41-43,45,47-66H2,1-3H3/b10-7-,18-16-,24-22-,30-28-,35-34-,40-38-,46-44-. The molecule has 0 radical (unpaired) electrons. The second-order valence-electron chi connectivity index (χ2n) is 21.7. The highest BCUT2D eigenvalue weighted by Crippen LogP contribution is 2.17. The number of ether oxygens (including phenoxy) is 3. The van der Waals surface area contributed by atoms with Crippen LogP contribution in [-0.2, 0) is 28.6 Å². The average Bonchev–Trinajstić information content (AvgIpc) is 3.42. The zero-order valence-electron chi connectivity index (χ0n) is 50.3. The lowest BCUT2D eigenvalue weighted by molar-refractivity contribution is -0.167. The molecule has 0 spiro atoms. The van der Waals surface area contributed by atoms with E-state index in [0.717, 1.165) is 122 Å². The summed E-state index contributed by atoms with van der Waals surface area (Å²) < 4.78 is 16.8. The van der Waals surface area contributed by atoms with Gasteiger partial charge in [-0.1, -0.05) is 311 Å². The fraction of sp³-hybridized carbons (Fsp3) is 0.757. The van der Waals surface area contributed by atoms with E-state index >= 15 is 0 Å². The molecule has 0 aliphatic carbocycles. The molecule has 0 aromatic heterocycles. The average molecular weight is 1060 g/mol. The maximum atomic E-state index is 12.9. The molecule has 0 saturated carbocycles. The Morgan fingerprint density at radius 2 is 0.513 bits per heavy atom. The Bertz CT molecular complexity index is 1450. The number of esters is 3. The third kappa shape index (κ3) is 61.4. The van der Waals surface area contributed by atoms with Crippen LogP contribution in [0.3, 0.4) is 0 Å². The van der Waals surface area contributed by atoms with Crippen LogP contribution in [0.5, 0.6) is 0 Å². The van der Waals surface area contributed by atoms with Crippen molar-refractivity contribution in [1.82, 2.24) is 0 Å². The SMILES string of the molecule is CC/C=C\C/C=C\C/C=C\C/C=C\C/C=C\C/C=C\C/C=C\CCCCCCCC(=O)OCC(COC(=O)CCCCCCCC)OC(=O)CCCCCCCCCCCCCCCCCCCCCCCCCCC. The first-order valence-corrected chi connectivity index (χ1v) is 32.6. The van der Waals surface area contributed by atoms with E-state index in [2.05, 4.69) is 106 Å². The van der Waals surface area contributed by atoms with Crippen molar-refractivity contribution in [3.05, 3.63) is 85.1 Å². The lowest BCUT2D eigenvalue weighted by atomic mass is 10.0. The number of hydrogen-bond donors (Lipinski definition) is 0. The van der Waals surface area contributed by atoms with Gasteiger partial charge >= 0.3 is 17.9 Å². The highest BCUT2D eigenvalue weighted by Gasteiger charge is 2.19. The Morgan fingerprint density at radius 1 is 0.276 bits per heavy atom. The van der Waals surface area contributed by atoms with Crippen molar-refractivity contribution < 1.29 is 28.6 Å². The molecule has 1 atom stereocenters. The van der Waals surface area contributed by atoms with Gasteiger partial charge in [0, 0.05) is 19.3 Å². The molecule has 0 N–H and O–H groups in total. The molecule has 0 rings (SSSR count). The van der Waals surface area contributed by atoms with Crippen LogP contribution in [0.15, 0.2) is 85.1 Å². The van der Waals surface area contributed by atoms with E-state index in [9.17, 15) is 14.4 Å². The van der Waals surface area contributed by atoms with Crippen molar-refractivity contribution in [2.45, 2.75) is 329 Å². The van der Waals surface area contributed by atoms with Gasteiger partial charge in [-0.2, -0.15) is 0 Å². The zero-order chi connectivity index (χ0) is 55.0. The van der Waals surface area contributed by atoms with Crippen molar-refractivity contribution in [3.63, 3.8) is 0 Å². The Labute approximate surface area is 471 Å². The summed E-state index contributed by atoms with van der Waals surface area (Å²) in [5.74, 6) is -0.897. The monoisotopic (exact) mass is 1060 g/mol. The van der Waals surface area contributed by atoms with Gasteiger partial charge in [0.05, 0.1) is 0 Å². The maximum Gasteiger partial charge on any atom is 0.306 e. The molecule has 76 heavy (non-hydrogen) atoms. The molecule has 0 heterocycles. The van der Waals surface area contributed by atoms with E-state index < -0.39 is 6.10 Å². The quantitative estimate of drug-likeness (QED) is 0.0261. The second kappa shape index (κ2) is 64.1. The molecule has 6 nitrogen and oxygen atoms in total. The van der Waals surface area contributed by atoms with E-state index in [4.69, 9.17) is 14.2 Å². The number of allylic oxidation sites excluding steroid dienone is 14. The highest BCUT2D eigenvalue weighted by atomic mass is 16.6. The fourth-order valence-electron chi connectivity index (χ4n) is 9.31. The van der Waals surface area contributed by atoms with Gasteiger partial charge in [0.15, 0.2) is 6.10 Å². The van der Waals surface area contributed by atoms with Crippen LogP contribution < -0.4 is 0 Å². The van der Waals surface area contributed by atoms with Crippen LogP contribution in [0, 0.1) is 0 Å². The summed E-state index contributed by atoms with van der Waals surface area (Å²) in [5.41, 5.74) is 0. The normalized spacial score (nSPS) is 12.6. The molecule has 0 aromatic carbocycles. The first-order chi connectivity index (χ1) is 37.5. The first kappa shape index (κ1) is 72.6. The minimum absolute atomic E-state index is 0.0804. The Kier molecular flexibility index (Phi) is 61.2. The van der Waals surface area contributed by atoms with Gasteiger partial charge in [-0.05, 0) is 77.0 Å². The summed E-state index contributed by atoms with van der Waals surface area (Å²) in [4.78, 5) is 38.0. The smallest absolute Gasteiger partial charge is 0.306 e. The highest BCUT2D eigenvalue weighted by molar-refractivity contribution is 5.71.